The maximum absolute atomic E-state index is 13.8. The number of carbonyl (C=O) groups excluding carboxylic acids is 1. The number of carbonyl (C=O) groups is 1. The van der Waals surface area contributed by atoms with Gasteiger partial charge in [0.2, 0.25) is 5.76 Å². The fraction of sp³-hybridized carbons (Fsp3) is 0.259. The Morgan fingerprint density at radius 1 is 1.03 bits per heavy atom. The SMILES string of the molecule is CCOc1ccc(C2c3c(oc4cc(C)c(C)cc4c3=O)C(=O)N2Cc2ccco2)cc1OC. The number of rotatable bonds is 6. The molecule has 0 fully saturated rings. The standard InChI is InChI=1S/C27H25NO6/c1-5-32-20-9-8-17(13-22(20)31-4)24-23-25(29)19-11-15(2)16(3)12-21(19)34-26(23)27(30)28(24)14-18-7-6-10-33-18/h6-13,24H,5,14H2,1-4H3. The molecule has 1 amide bonds. The lowest BCUT2D eigenvalue weighted by molar-refractivity contribution is 0.0701. The zero-order valence-corrected chi connectivity index (χ0v) is 19.5. The fourth-order valence-electron chi connectivity index (χ4n) is 4.48. The first-order valence-electron chi connectivity index (χ1n) is 11.1. The summed E-state index contributed by atoms with van der Waals surface area (Å²) in [5.41, 5.74) is 3.20. The van der Waals surface area contributed by atoms with Crippen LogP contribution in [0, 0.1) is 13.8 Å². The van der Waals surface area contributed by atoms with Crippen molar-refractivity contribution in [1.82, 2.24) is 4.90 Å². The number of aryl methyl sites for hydroxylation is 2. The van der Waals surface area contributed by atoms with Gasteiger partial charge >= 0.3 is 0 Å². The Balaban J connectivity index is 1.74. The Kier molecular flexibility index (Phi) is 5.40. The van der Waals surface area contributed by atoms with Crippen LogP contribution in [0.1, 0.15) is 51.5 Å². The van der Waals surface area contributed by atoms with Crippen molar-refractivity contribution < 1.29 is 23.1 Å². The number of methoxy groups -OCH3 is 1. The van der Waals surface area contributed by atoms with Crippen molar-refractivity contribution in [3.05, 3.63) is 92.7 Å². The third kappa shape index (κ3) is 3.44. The molecule has 1 unspecified atom stereocenters. The highest BCUT2D eigenvalue weighted by Crippen LogP contribution is 2.42. The Hall–Kier alpha value is -4.00. The molecule has 174 valence electrons. The lowest BCUT2D eigenvalue weighted by atomic mass is 9.97. The van der Waals surface area contributed by atoms with Crippen molar-refractivity contribution in [3.8, 4) is 11.5 Å². The van der Waals surface area contributed by atoms with E-state index < -0.39 is 6.04 Å². The Bertz CT molecular complexity index is 1450. The molecule has 2 aromatic heterocycles. The van der Waals surface area contributed by atoms with Gasteiger partial charge < -0.3 is 23.2 Å². The van der Waals surface area contributed by atoms with Crippen LogP contribution in [-0.4, -0.2) is 24.5 Å². The minimum atomic E-state index is -0.667. The molecule has 0 aliphatic carbocycles. The maximum Gasteiger partial charge on any atom is 0.291 e. The van der Waals surface area contributed by atoms with Gasteiger partial charge in [-0.2, -0.15) is 0 Å². The molecular weight excluding hydrogens is 434 g/mol. The number of ether oxygens (including phenoxy) is 2. The van der Waals surface area contributed by atoms with Crippen molar-refractivity contribution in [2.24, 2.45) is 0 Å². The van der Waals surface area contributed by atoms with E-state index in [2.05, 4.69) is 0 Å². The number of benzene rings is 2. The van der Waals surface area contributed by atoms with Crippen molar-refractivity contribution in [2.45, 2.75) is 33.4 Å². The monoisotopic (exact) mass is 459 g/mol. The largest absolute Gasteiger partial charge is 0.493 e. The summed E-state index contributed by atoms with van der Waals surface area (Å²) in [5.74, 6) is 1.42. The van der Waals surface area contributed by atoms with Gasteiger partial charge in [-0.3, -0.25) is 9.59 Å². The molecule has 1 aliphatic heterocycles. The van der Waals surface area contributed by atoms with Crippen LogP contribution >= 0.6 is 0 Å². The molecule has 7 nitrogen and oxygen atoms in total. The summed E-state index contributed by atoms with van der Waals surface area (Å²) in [6, 6.07) is 12.0. The summed E-state index contributed by atoms with van der Waals surface area (Å²) in [5, 5.41) is 0.456. The predicted octanol–water partition coefficient (Wildman–Crippen LogP) is 5.16. The molecule has 2 aromatic carbocycles. The van der Waals surface area contributed by atoms with Crippen LogP contribution in [-0.2, 0) is 6.54 Å². The third-order valence-corrected chi connectivity index (χ3v) is 6.29. The van der Waals surface area contributed by atoms with Crippen molar-refractivity contribution in [3.63, 3.8) is 0 Å². The second-order valence-electron chi connectivity index (χ2n) is 8.36. The van der Waals surface area contributed by atoms with E-state index in [1.807, 2.05) is 39.0 Å². The number of fused-ring (bicyclic) bond motifs is 2. The number of furan rings is 1. The first-order chi connectivity index (χ1) is 16.4. The molecule has 3 heterocycles. The molecule has 0 spiro atoms. The quantitative estimate of drug-likeness (QED) is 0.396. The topological polar surface area (TPSA) is 82.1 Å². The molecule has 5 rings (SSSR count). The molecule has 0 saturated heterocycles. The molecule has 0 bridgehead atoms. The van der Waals surface area contributed by atoms with Crippen molar-refractivity contribution in [1.29, 1.82) is 0 Å². The number of amides is 1. The van der Waals surface area contributed by atoms with E-state index in [1.54, 1.807) is 42.5 Å². The van der Waals surface area contributed by atoms with Crippen molar-refractivity contribution in [2.75, 3.05) is 13.7 Å². The maximum atomic E-state index is 13.8. The molecular formula is C27H25NO6. The van der Waals surface area contributed by atoms with Gasteiger partial charge in [-0.1, -0.05) is 6.07 Å². The summed E-state index contributed by atoms with van der Waals surface area (Å²) in [4.78, 5) is 28.9. The Morgan fingerprint density at radius 2 is 1.82 bits per heavy atom. The van der Waals surface area contributed by atoms with E-state index in [0.717, 1.165) is 16.7 Å². The molecule has 4 aromatic rings. The van der Waals surface area contributed by atoms with Crippen LogP contribution in [0.2, 0.25) is 0 Å². The number of nitrogens with zero attached hydrogens (tertiary/aromatic N) is 1. The van der Waals surface area contributed by atoms with Crippen molar-refractivity contribution >= 4 is 16.9 Å². The zero-order chi connectivity index (χ0) is 24.0. The molecule has 0 radical (unpaired) electrons. The van der Waals surface area contributed by atoms with Gasteiger partial charge in [0.05, 0.1) is 43.5 Å². The number of hydrogen-bond donors (Lipinski definition) is 0. The molecule has 1 aliphatic rings. The summed E-state index contributed by atoms with van der Waals surface area (Å²) < 4.78 is 22.8. The summed E-state index contributed by atoms with van der Waals surface area (Å²) in [6.45, 7) is 6.46. The minimum Gasteiger partial charge on any atom is -0.493 e. The van der Waals surface area contributed by atoms with E-state index >= 15 is 0 Å². The van der Waals surface area contributed by atoms with Gasteiger partial charge in [-0.25, -0.2) is 0 Å². The van der Waals surface area contributed by atoms with Crippen LogP contribution in [0.4, 0.5) is 0 Å². The second kappa shape index (κ2) is 8.41. The van der Waals surface area contributed by atoms with Crippen LogP contribution in [0.15, 0.2) is 62.4 Å². The molecule has 0 N–H and O–H groups in total. The predicted molar refractivity (Wildman–Crippen MR) is 127 cm³/mol. The summed E-state index contributed by atoms with van der Waals surface area (Å²) in [6.07, 6.45) is 1.56. The highest BCUT2D eigenvalue weighted by molar-refractivity contribution is 5.99. The first-order valence-corrected chi connectivity index (χ1v) is 11.1. The molecule has 34 heavy (non-hydrogen) atoms. The van der Waals surface area contributed by atoms with Gasteiger partial charge in [0.15, 0.2) is 16.9 Å². The first kappa shape index (κ1) is 21.8. The summed E-state index contributed by atoms with van der Waals surface area (Å²) in [7, 11) is 1.56. The van der Waals surface area contributed by atoms with Crippen LogP contribution < -0.4 is 14.9 Å². The van der Waals surface area contributed by atoms with E-state index in [0.29, 0.717) is 40.4 Å². The Morgan fingerprint density at radius 3 is 2.53 bits per heavy atom. The average molecular weight is 459 g/mol. The van der Waals surface area contributed by atoms with E-state index in [9.17, 15) is 9.59 Å². The lowest BCUT2D eigenvalue weighted by Crippen LogP contribution is -2.29. The van der Waals surface area contributed by atoms with E-state index in [4.69, 9.17) is 18.3 Å². The third-order valence-electron chi connectivity index (χ3n) is 6.29. The highest BCUT2D eigenvalue weighted by Gasteiger charge is 2.43. The van der Waals surface area contributed by atoms with Gasteiger partial charge in [-0.15, -0.1) is 0 Å². The normalized spacial score (nSPS) is 15.1. The van der Waals surface area contributed by atoms with Gasteiger partial charge in [0, 0.05) is 0 Å². The second-order valence-corrected chi connectivity index (χ2v) is 8.36. The smallest absolute Gasteiger partial charge is 0.291 e. The zero-order valence-electron chi connectivity index (χ0n) is 19.5. The molecule has 7 heteroatoms. The van der Waals surface area contributed by atoms with Crippen LogP contribution in [0.5, 0.6) is 11.5 Å². The van der Waals surface area contributed by atoms with Gasteiger partial charge in [0.1, 0.15) is 11.3 Å². The van der Waals surface area contributed by atoms with Crippen LogP contribution in [0.25, 0.3) is 11.0 Å². The molecule has 0 saturated carbocycles. The Labute approximate surface area is 196 Å². The lowest BCUT2D eigenvalue weighted by Gasteiger charge is -2.25. The van der Waals surface area contributed by atoms with E-state index in [1.165, 1.54) is 0 Å². The fourth-order valence-corrected chi connectivity index (χ4v) is 4.48. The highest BCUT2D eigenvalue weighted by atomic mass is 16.5. The summed E-state index contributed by atoms with van der Waals surface area (Å²) >= 11 is 0. The van der Waals surface area contributed by atoms with Gasteiger partial charge in [-0.05, 0) is 73.9 Å². The molecule has 1 atom stereocenters. The average Bonchev–Trinajstić information content (AvgIpc) is 3.43. The minimum absolute atomic E-state index is 0.0603. The van der Waals surface area contributed by atoms with E-state index in [-0.39, 0.29) is 23.6 Å². The number of hydrogen-bond acceptors (Lipinski definition) is 6. The van der Waals surface area contributed by atoms with Crippen LogP contribution in [0.3, 0.4) is 0 Å². The van der Waals surface area contributed by atoms with Gasteiger partial charge in [0.25, 0.3) is 5.91 Å².